The first-order chi connectivity index (χ1) is 16.0. The van der Waals surface area contributed by atoms with Crippen LogP contribution in [0.2, 0.25) is 0 Å². The van der Waals surface area contributed by atoms with Gasteiger partial charge in [0, 0.05) is 42.9 Å². The molecular formula is C25H34N8. The molecule has 2 aromatic rings. The number of rotatable bonds is 5. The molecule has 4 heterocycles. The van der Waals surface area contributed by atoms with Crippen LogP contribution >= 0.6 is 0 Å². The van der Waals surface area contributed by atoms with E-state index in [1.54, 1.807) is 0 Å². The predicted octanol–water partition coefficient (Wildman–Crippen LogP) is 3.90. The molecule has 5 rings (SSSR count). The highest BCUT2D eigenvalue weighted by molar-refractivity contribution is 5.62. The zero-order chi connectivity index (χ0) is 22.9. The Morgan fingerprint density at radius 2 is 1.82 bits per heavy atom. The van der Waals surface area contributed by atoms with Gasteiger partial charge in [0.25, 0.3) is 0 Å². The van der Waals surface area contributed by atoms with E-state index in [0.29, 0.717) is 18.0 Å². The molecular weight excluding hydrogens is 412 g/mol. The molecule has 33 heavy (non-hydrogen) atoms. The molecule has 2 fully saturated rings. The first-order valence-electron chi connectivity index (χ1n) is 12.2. The van der Waals surface area contributed by atoms with E-state index in [0.717, 1.165) is 48.8 Å². The van der Waals surface area contributed by atoms with Gasteiger partial charge < -0.3 is 20.0 Å². The standard InChI is InChI=1S/C25H34N8/c1-17-21-16-28-25(30-24(21)33(22(17)14-26)19-6-4-5-7-19)29-23-9-8-20(15-27-23)32-12-10-18(11-13-32)31(2)3/h8-9,15-19,22H,4-7,10-13H2,1-3H3,(H,27,28,29,30). The number of nitriles is 1. The van der Waals surface area contributed by atoms with Crippen LogP contribution in [0.3, 0.4) is 0 Å². The van der Waals surface area contributed by atoms with E-state index in [4.69, 9.17) is 4.98 Å². The maximum absolute atomic E-state index is 9.85. The van der Waals surface area contributed by atoms with Gasteiger partial charge in [-0.2, -0.15) is 10.2 Å². The number of hydrogen-bond acceptors (Lipinski definition) is 8. The normalized spacial score (nSPS) is 23.7. The Balaban J connectivity index is 1.30. The monoisotopic (exact) mass is 446 g/mol. The number of piperidine rings is 1. The van der Waals surface area contributed by atoms with Crippen LogP contribution in [0.4, 0.5) is 23.3 Å². The van der Waals surface area contributed by atoms with Crippen LogP contribution in [0, 0.1) is 11.3 Å². The van der Waals surface area contributed by atoms with Crippen LogP contribution in [0.25, 0.3) is 0 Å². The minimum atomic E-state index is -0.165. The summed E-state index contributed by atoms with van der Waals surface area (Å²) < 4.78 is 0. The van der Waals surface area contributed by atoms with Gasteiger partial charge in [-0.05, 0) is 51.9 Å². The lowest BCUT2D eigenvalue weighted by Crippen LogP contribution is -2.42. The highest BCUT2D eigenvalue weighted by Gasteiger charge is 2.42. The Morgan fingerprint density at radius 1 is 1.06 bits per heavy atom. The van der Waals surface area contributed by atoms with Crippen molar-refractivity contribution >= 4 is 23.3 Å². The number of nitrogens with one attached hydrogen (secondary N) is 1. The Labute approximate surface area is 196 Å². The van der Waals surface area contributed by atoms with Crippen molar-refractivity contribution < 1.29 is 0 Å². The third kappa shape index (κ3) is 4.22. The van der Waals surface area contributed by atoms with Crippen molar-refractivity contribution in [2.75, 3.05) is 42.3 Å². The summed E-state index contributed by atoms with van der Waals surface area (Å²) in [7, 11) is 4.33. The summed E-state index contributed by atoms with van der Waals surface area (Å²) in [6.45, 7) is 4.22. The van der Waals surface area contributed by atoms with E-state index in [2.05, 4.69) is 63.1 Å². The topological polar surface area (TPSA) is 84.2 Å². The van der Waals surface area contributed by atoms with E-state index in [-0.39, 0.29) is 12.0 Å². The minimum absolute atomic E-state index is 0.119. The Morgan fingerprint density at radius 3 is 2.45 bits per heavy atom. The van der Waals surface area contributed by atoms with Crippen LogP contribution in [-0.2, 0) is 0 Å². The van der Waals surface area contributed by atoms with E-state index in [9.17, 15) is 5.26 Å². The summed E-state index contributed by atoms with van der Waals surface area (Å²) in [6, 6.07) is 7.54. The van der Waals surface area contributed by atoms with Crippen molar-refractivity contribution in [3.63, 3.8) is 0 Å². The molecule has 0 radical (unpaired) electrons. The third-order valence-electron chi connectivity index (χ3n) is 7.70. The zero-order valence-electron chi connectivity index (χ0n) is 19.9. The van der Waals surface area contributed by atoms with Crippen LogP contribution in [-0.4, -0.2) is 65.2 Å². The summed E-state index contributed by atoms with van der Waals surface area (Å²) >= 11 is 0. The predicted molar refractivity (Wildman–Crippen MR) is 131 cm³/mol. The molecule has 8 nitrogen and oxygen atoms in total. The Kier molecular flexibility index (Phi) is 6.07. The lowest BCUT2D eigenvalue weighted by molar-refractivity contribution is 0.249. The quantitative estimate of drug-likeness (QED) is 0.740. The van der Waals surface area contributed by atoms with Gasteiger partial charge in [-0.25, -0.2) is 9.97 Å². The van der Waals surface area contributed by atoms with Crippen LogP contribution in [0.1, 0.15) is 56.9 Å². The van der Waals surface area contributed by atoms with Gasteiger partial charge in [0.15, 0.2) is 0 Å². The first kappa shape index (κ1) is 21.9. The second-order valence-corrected chi connectivity index (χ2v) is 9.89. The first-order valence-corrected chi connectivity index (χ1v) is 12.2. The van der Waals surface area contributed by atoms with Crippen LogP contribution < -0.4 is 15.1 Å². The van der Waals surface area contributed by atoms with Gasteiger partial charge >= 0.3 is 0 Å². The second-order valence-electron chi connectivity index (χ2n) is 9.89. The van der Waals surface area contributed by atoms with Crippen molar-refractivity contribution in [3.8, 4) is 6.07 Å². The van der Waals surface area contributed by atoms with Crippen molar-refractivity contribution in [1.82, 2.24) is 19.9 Å². The van der Waals surface area contributed by atoms with E-state index < -0.39 is 0 Å². The fourth-order valence-electron chi connectivity index (χ4n) is 5.67. The van der Waals surface area contributed by atoms with Gasteiger partial charge in [-0.3, -0.25) is 0 Å². The largest absolute Gasteiger partial charge is 0.370 e. The van der Waals surface area contributed by atoms with Gasteiger partial charge in [-0.1, -0.05) is 19.8 Å². The molecule has 0 bridgehead atoms. The smallest absolute Gasteiger partial charge is 0.230 e. The molecule has 1 aliphatic carbocycles. The lowest BCUT2D eigenvalue weighted by atomic mass is 10.00. The molecule has 8 heteroatoms. The summed E-state index contributed by atoms with van der Waals surface area (Å²) in [5.74, 6) is 2.30. The van der Waals surface area contributed by atoms with Crippen LogP contribution in [0.15, 0.2) is 24.5 Å². The number of nitrogens with zero attached hydrogens (tertiary/aromatic N) is 7. The minimum Gasteiger partial charge on any atom is -0.370 e. The number of pyridine rings is 1. The Hall–Kier alpha value is -2.92. The summed E-state index contributed by atoms with van der Waals surface area (Å²) in [6.07, 6.45) is 10.9. The van der Waals surface area contributed by atoms with Crippen molar-refractivity contribution in [1.29, 1.82) is 5.26 Å². The van der Waals surface area contributed by atoms with E-state index in [1.807, 2.05) is 18.5 Å². The molecule has 174 valence electrons. The zero-order valence-corrected chi connectivity index (χ0v) is 19.9. The maximum Gasteiger partial charge on any atom is 0.230 e. The van der Waals surface area contributed by atoms with Crippen molar-refractivity contribution in [3.05, 3.63) is 30.1 Å². The molecule has 2 unspecified atom stereocenters. The van der Waals surface area contributed by atoms with Crippen molar-refractivity contribution in [2.45, 2.75) is 69.5 Å². The summed E-state index contributed by atoms with van der Waals surface area (Å²) in [5, 5.41) is 13.1. The SMILES string of the molecule is CC1c2cnc(Nc3ccc(N4CCC(N(C)C)CC4)cn3)nc2N(C2CCCC2)C1C#N. The molecule has 2 aliphatic heterocycles. The molecule has 0 spiro atoms. The second kappa shape index (κ2) is 9.14. The fraction of sp³-hybridized carbons (Fsp3) is 0.600. The van der Waals surface area contributed by atoms with Gasteiger partial charge in [0.2, 0.25) is 5.95 Å². The average Bonchev–Trinajstić information content (AvgIpc) is 3.45. The van der Waals surface area contributed by atoms with Crippen molar-refractivity contribution in [2.24, 2.45) is 0 Å². The summed E-state index contributed by atoms with van der Waals surface area (Å²) in [5.41, 5.74) is 2.23. The lowest BCUT2D eigenvalue weighted by Gasteiger charge is -2.36. The third-order valence-corrected chi connectivity index (χ3v) is 7.70. The molecule has 2 aromatic heterocycles. The molecule has 1 N–H and O–H groups in total. The molecule has 3 aliphatic rings. The van der Waals surface area contributed by atoms with E-state index in [1.165, 1.54) is 25.7 Å². The molecule has 2 atom stereocenters. The number of fused-ring (bicyclic) bond motifs is 1. The molecule has 1 saturated heterocycles. The highest BCUT2D eigenvalue weighted by atomic mass is 15.3. The summed E-state index contributed by atoms with van der Waals surface area (Å²) in [4.78, 5) is 21.0. The highest BCUT2D eigenvalue weighted by Crippen LogP contribution is 2.43. The fourth-order valence-corrected chi connectivity index (χ4v) is 5.67. The van der Waals surface area contributed by atoms with Gasteiger partial charge in [-0.15, -0.1) is 0 Å². The number of hydrogen-bond donors (Lipinski definition) is 1. The van der Waals surface area contributed by atoms with Gasteiger partial charge in [0.1, 0.15) is 17.7 Å². The molecule has 1 saturated carbocycles. The van der Waals surface area contributed by atoms with Gasteiger partial charge in [0.05, 0.1) is 18.0 Å². The maximum atomic E-state index is 9.85. The van der Waals surface area contributed by atoms with Crippen LogP contribution in [0.5, 0.6) is 0 Å². The molecule has 0 aromatic carbocycles. The average molecular weight is 447 g/mol. The van der Waals surface area contributed by atoms with E-state index >= 15 is 0 Å². The Bertz CT molecular complexity index is 1000. The number of aromatic nitrogens is 3. The number of anilines is 4. The molecule has 0 amide bonds.